The van der Waals surface area contributed by atoms with Gasteiger partial charge in [0.25, 0.3) is 0 Å². The summed E-state index contributed by atoms with van der Waals surface area (Å²) in [7, 11) is -0.464. The molecule has 0 spiro atoms. The highest BCUT2D eigenvalue weighted by Gasteiger charge is 2.20. The van der Waals surface area contributed by atoms with Crippen LogP contribution < -0.4 is 9.46 Å². The van der Waals surface area contributed by atoms with Gasteiger partial charge in [0.1, 0.15) is 5.75 Å². The first-order chi connectivity index (χ1) is 11.4. The van der Waals surface area contributed by atoms with Crippen LogP contribution in [0.5, 0.6) is 5.75 Å². The summed E-state index contributed by atoms with van der Waals surface area (Å²) in [5.41, 5.74) is 2.46. The molecule has 24 heavy (non-hydrogen) atoms. The first-order valence-electron chi connectivity index (χ1n) is 7.61. The van der Waals surface area contributed by atoms with Crippen LogP contribution in [0.4, 0.5) is 0 Å². The first kappa shape index (κ1) is 18.4. The summed E-state index contributed by atoms with van der Waals surface area (Å²) >= 11 is 0. The Hall–Kier alpha value is -1.89. The average Bonchev–Trinajstić information content (AvgIpc) is 2.57. The molecule has 0 aliphatic rings. The van der Waals surface area contributed by atoms with E-state index in [1.54, 1.807) is 33.3 Å². The molecule has 0 saturated carbocycles. The van der Waals surface area contributed by atoms with Gasteiger partial charge in [-0.3, -0.25) is 0 Å². The highest BCUT2D eigenvalue weighted by Crippen LogP contribution is 2.22. The van der Waals surface area contributed by atoms with Crippen molar-refractivity contribution >= 4 is 10.0 Å². The van der Waals surface area contributed by atoms with E-state index in [0.717, 1.165) is 11.1 Å². The maximum Gasteiger partial charge on any atom is 0.240 e. The molecule has 1 N–H and O–H groups in total. The molecule has 0 saturated heterocycles. The fraction of sp³-hybridized carbons (Fsp3) is 0.333. The van der Waals surface area contributed by atoms with Gasteiger partial charge in [0, 0.05) is 13.7 Å². The third kappa shape index (κ3) is 4.35. The van der Waals surface area contributed by atoms with Crippen LogP contribution in [0.1, 0.15) is 22.8 Å². The summed E-state index contributed by atoms with van der Waals surface area (Å²) in [6.45, 7) is 3.79. The Kier molecular flexibility index (Phi) is 5.99. The fourth-order valence-corrected chi connectivity index (χ4v) is 3.80. The van der Waals surface area contributed by atoms with Gasteiger partial charge in [0.05, 0.1) is 18.1 Å². The molecule has 0 fully saturated rings. The van der Waals surface area contributed by atoms with Gasteiger partial charge < -0.3 is 9.47 Å². The largest absolute Gasteiger partial charge is 0.497 e. The zero-order valence-electron chi connectivity index (χ0n) is 14.4. The molecule has 0 radical (unpaired) electrons. The van der Waals surface area contributed by atoms with Gasteiger partial charge in [-0.05, 0) is 48.7 Å². The van der Waals surface area contributed by atoms with Gasteiger partial charge in [-0.2, -0.15) is 0 Å². The van der Waals surface area contributed by atoms with Crippen molar-refractivity contribution in [2.45, 2.75) is 24.8 Å². The van der Waals surface area contributed by atoms with Crippen molar-refractivity contribution in [3.8, 4) is 5.75 Å². The Balaban J connectivity index is 2.18. The topological polar surface area (TPSA) is 64.6 Å². The second kappa shape index (κ2) is 7.79. The van der Waals surface area contributed by atoms with Gasteiger partial charge in [-0.25, -0.2) is 13.1 Å². The lowest BCUT2D eigenvalue weighted by atomic mass is 10.1. The lowest BCUT2D eigenvalue weighted by Crippen LogP contribution is -2.29. The van der Waals surface area contributed by atoms with E-state index in [-0.39, 0.29) is 6.54 Å². The number of hydrogen-bond acceptors (Lipinski definition) is 4. The summed E-state index contributed by atoms with van der Waals surface area (Å²) in [5, 5.41) is 0. The molecular weight excluding hydrogens is 326 g/mol. The molecule has 2 rings (SSSR count). The summed E-state index contributed by atoms with van der Waals surface area (Å²) < 4.78 is 38.5. The predicted octanol–water partition coefficient (Wildman–Crippen LogP) is 2.98. The van der Waals surface area contributed by atoms with Gasteiger partial charge >= 0.3 is 0 Å². The minimum absolute atomic E-state index is 0.138. The third-order valence-corrected chi connectivity index (χ3v) is 5.41. The lowest BCUT2D eigenvalue weighted by Gasteiger charge is -2.18. The molecule has 1 atom stereocenters. The number of ether oxygens (including phenoxy) is 2. The minimum Gasteiger partial charge on any atom is -0.497 e. The standard InChI is InChI=1S/C18H23NO4S/c1-13-8-9-14(2)18(10-13)24(20,21)19-12-17(23-4)15-6-5-7-16(11-15)22-3/h5-11,17,19H,12H2,1-4H3. The molecule has 0 bridgehead atoms. The van der Waals surface area contributed by atoms with E-state index in [1.807, 2.05) is 37.3 Å². The van der Waals surface area contributed by atoms with E-state index < -0.39 is 16.1 Å². The van der Waals surface area contributed by atoms with E-state index in [2.05, 4.69) is 4.72 Å². The van der Waals surface area contributed by atoms with Crippen LogP contribution in [0.15, 0.2) is 47.4 Å². The molecular formula is C18H23NO4S. The van der Waals surface area contributed by atoms with Gasteiger partial charge in [-0.15, -0.1) is 0 Å². The minimum atomic E-state index is -3.60. The highest BCUT2D eigenvalue weighted by atomic mass is 32.2. The van der Waals surface area contributed by atoms with Crippen LogP contribution in [-0.2, 0) is 14.8 Å². The highest BCUT2D eigenvalue weighted by molar-refractivity contribution is 7.89. The number of nitrogens with one attached hydrogen (secondary N) is 1. The van der Waals surface area contributed by atoms with E-state index in [0.29, 0.717) is 16.2 Å². The molecule has 2 aromatic rings. The molecule has 0 aliphatic carbocycles. The van der Waals surface area contributed by atoms with Crippen molar-refractivity contribution < 1.29 is 17.9 Å². The van der Waals surface area contributed by atoms with E-state index in [9.17, 15) is 8.42 Å². The Morgan fingerprint density at radius 1 is 1.08 bits per heavy atom. The molecule has 0 amide bonds. The van der Waals surface area contributed by atoms with E-state index >= 15 is 0 Å². The van der Waals surface area contributed by atoms with Gasteiger partial charge in [0.15, 0.2) is 0 Å². The van der Waals surface area contributed by atoms with Gasteiger partial charge in [0.2, 0.25) is 10.0 Å². The fourth-order valence-electron chi connectivity index (χ4n) is 2.44. The van der Waals surface area contributed by atoms with Crippen molar-refractivity contribution in [2.24, 2.45) is 0 Å². The first-order valence-corrected chi connectivity index (χ1v) is 9.09. The maximum atomic E-state index is 12.6. The summed E-state index contributed by atoms with van der Waals surface area (Å²) in [5.74, 6) is 0.701. The molecule has 0 heterocycles. The second-order valence-electron chi connectivity index (χ2n) is 5.62. The van der Waals surface area contributed by atoms with Crippen molar-refractivity contribution in [3.05, 3.63) is 59.2 Å². The lowest BCUT2D eigenvalue weighted by molar-refractivity contribution is 0.107. The van der Waals surface area contributed by atoms with Crippen LogP contribution in [0, 0.1) is 13.8 Å². The molecule has 5 nitrogen and oxygen atoms in total. The molecule has 130 valence electrons. The maximum absolute atomic E-state index is 12.6. The van der Waals surface area contributed by atoms with Crippen molar-refractivity contribution in [2.75, 3.05) is 20.8 Å². The molecule has 0 aromatic heterocycles. The van der Waals surface area contributed by atoms with E-state index in [1.165, 1.54) is 0 Å². The monoisotopic (exact) mass is 349 g/mol. The Labute approximate surface area is 143 Å². The van der Waals surface area contributed by atoms with E-state index in [4.69, 9.17) is 9.47 Å². The second-order valence-corrected chi connectivity index (χ2v) is 7.36. The normalized spacial score (nSPS) is 12.8. The zero-order valence-corrected chi connectivity index (χ0v) is 15.2. The average molecular weight is 349 g/mol. The smallest absolute Gasteiger partial charge is 0.240 e. The Morgan fingerprint density at radius 3 is 2.50 bits per heavy atom. The van der Waals surface area contributed by atoms with Crippen LogP contribution >= 0.6 is 0 Å². The molecule has 1 unspecified atom stereocenters. The van der Waals surface area contributed by atoms with Crippen molar-refractivity contribution in [3.63, 3.8) is 0 Å². The van der Waals surface area contributed by atoms with Crippen molar-refractivity contribution in [1.29, 1.82) is 0 Å². The summed E-state index contributed by atoms with van der Waals surface area (Å²) in [4.78, 5) is 0.294. The van der Waals surface area contributed by atoms with Crippen LogP contribution in [0.2, 0.25) is 0 Å². The number of hydrogen-bond donors (Lipinski definition) is 1. The number of benzene rings is 2. The van der Waals surface area contributed by atoms with Crippen LogP contribution in [-0.4, -0.2) is 29.2 Å². The third-order valence-electron chi connectivity index (χ3n) is 3.84. The number of methoxy groups -OCH3 is 2. The summed E-state index contributed by atoms with van der Waals surface area (Å²) in [6, 6.07) is 12.8. The van der Waals surface area contributed by atoms with Crippen LogP contribution in [0.3, 0.4) is 0 Å². The zero-order chi connectivity index (χ0) is 17.7. The summed E-state index contributed by atoms with van der Waals surface area (Å²) in [6.07, 6.45) is -0.403. The van der Waals surface area contributed by atoms with Gasteiger partial charge in [-0.1, -0.05) is 24.3 Å². The number of sulfonamides is 1. The molecule has 6 heteroatoms. The Morgan fingerprint density at radius 2 is 1.83 bits per heavy atom. The van der Waals surface area contributed by atoms with Crippen LogP contribution in [0.25, 0.3) is 0 Å². The number of rotatable bonds is 7. The Bertz CT molecular complexity index is 802. The quantitative estimate of drug-likeness (QED) is 0.835. The molecule has 0 aliphatic heterocycles. The predicted molar refractivity (Wildman–Crippen MR) is 93.8 cm³/mol. The van der Waals surface area contributed by atoms with Crippen molar-refractivity contribution in [1.82, 2.24) is 4.72 Å². The SMILES string of the molecule is COc1cccc(C(CNS(=O)(=O)c2cc(C)ccc2C)OC)c1. The molecule has 2 aromatic carbocycles. The number of aryl methyl sites for hydroxylation is 2.